The molecular formula is C42H67N2+. The Morgan fingerprint density at radius 2 is 1.07 bits per heavy atom. The highest BCUT2D eigenvalue weighted by molar-refractivity contribution is 5.32. The summed E-state index contributed by atoms with van der Waals surface area (Å²) < 4.78 is 2.55. The Morgan fingerprint density at radius 1 is 0.591 bits per heavy atom. The summed E-state index contributed by atoms with van der Waals surface area (Å²) >= 11 is 0. The maximum atomic E-state index is 3.75. The summed E-state index contributed by atoms with van der Waals surface area (Å²) in [5.41, 5.74) is 2.88. The standard InChI is InChI=1S/C42H66N2/c1-4-6-8-9-10-11-12-13-14-15-16-17-18-19-20-21-28-35-44-36-34-43-41(44)40(33-7-5-2)42(3,39-31-26-23-27-32-39)37-38-29-24-22-25-30-38/h22-27,29-32,34,36,40H,4-21,28,33,35,37H2,1-3H3/p+1. The predicted molar refractivity (Wildman–Crippen MR) is 191 cm³/mol. The van der Waals surface area contributed by atoms with E-state index in [0.29, 0.717) is 5.92 Å². The number of aromatic amines is 1. The minimum atomic E-state index is 0.0125. The minimum absolute atomic E-state index is 0.0125. The molecule has 1 aromatic heterocycles. The quantitative estimate of drug-likeness (QED) is 0.0699. The van der Waals surface area contributed by atoms with Gasteiger partial charge < -0.3 is 0 Å². The molecule has 0 bridgehead atoms. The van der Waals surface area contributed by atoms with Crippen molar-refractivity contribution in [2.24, 2.45) is 0 Å². The molecule has 44 heavy (non-hydrogen) atoms. The number of aromatic nitrogens is 2. The van der Waals surface area contributed by atoms with Crippen LogP contribution in [0.15, 0.2) is 73.1 Å². The maximum Gasteiger partial charge on any atom is 0.258 e. The van der Waals surface area contributed by atoms with Gasteiger partial charge in [-0.05, 0) is 36.8 Å². The molecule has 0 radical (unpaired) electrons. The summed E-state index contributed by atoms with van der Waals surface area (Å²) in [6.45, 7) is 8.26. The fourth-order valence-electron chi connectivity index (χ4n) is 7.31. The van der Waals surface area contributed by atoms with Crippen LogP contribution in [0.4, 0.5) is 0 Å². The number of H-pyrrole nitrogens is 1. The monoisotopic (exact) mass is 600 g/mol. The lowest BCUT2D eigenvalue weighted by Crippen LogP contribution is -2.43. The Hall–Kier alpha value is -2.35. The van der Waals surface area contributed by atoms with E-state index in [-0.39, 0.29) is 5.41 Å². The summed E-state index contributed by atoms with van der Waals surface area (Å²) in [6, 6.07) is 22.4. The zero-order valence-electron chi connectivity index (χ0n) is 29.0. The third kappa shape index (κ3) is 12.9. The molecule has 0 spiro atoms. The van der Waals surface area contributed by atoms with E-state index in [2.05, 4.69) is 103 Å². The molecule has 0 amide bonds. The molecule has 1 N–H and O–H groups in total. The van der Waals surface area contributed by atoms with E-state index in [1.54, 1.807) is 0 Å². The number of hydrogen-bond acceptors (Lipinski definition) is 0. The summed E-state index contributed by atoms with van der Waals surface area (Å²) in [4.78, 5) is 3.75. The van der Waals surface area contributed by atoms with E-state index < -0.39 is 0 Å². The molecule has 0 aliphatic carbocycles. The lowest BCUT2D eigenvalue weighted by atomic mass is 9.66. The first-order valence-corrected chi connectivity index (χ1v) is 18.8. The Morgan fingerprint density at radius 3 is 1.59 bits per heavy atom. The highest BCUT2D eigenvalue weighted by Crippen LogP contribution is 2.43. The van der Waals surface area contributed by atoms with Gasteiger partial charge in [-0.1, -0.05) is 191 Å². The van der Waals surface area contributed by atoms with Gasteiger partial charge in [0.15, 0.2) is 0 Å². The molecule has 2 aromatic carbocycles. The molecule has 0 saturated heterocycles. The Bertz CT molecular complexity index is 1070. The number of hydrogen-bond donors (Lipinski definition) is 1. The van der Waals surface area contributed by atoms with Crippen molar-refractivity contribution in [2.45, 2.75) is 173 Å². The second kappa shape index (κ2) is 22.2. The summed E-state index contributed by atoms with van der Waals surface area (Å²) in [7, 11) is 0. The van der Waals surface area contributed by atoms with Crippen molar-refractivity contribution >= 4 is 0 Å². The van der Waals surface area contributed by atoms with Gasteiger partial charge in [0.05, 0.1) is 12.5 Å². The largest absolute Gasteiger partial charge is 0.258 e. The molecule has 2 nitrogen and oxygen atoms in total. The maximum absolute atomic E-state index is 3.75. The lowest BCUT2D eigenvalue weighted by Gasteiger charge is -2.37. The Labute approximate surface area is 272 Å². The fourth-order valence-corrected chi connectivity index (χ4v) is 7.31. The van der Waals surface area contributed by atoms with Gasteiger partial charge in [-0.25, -0.2) is 9.55 Å². The van der Waals surface area contributed by atoms with E-state index in [9.17, 15) is 0 Å². The second-order valence-corrected chi connectivity index (χ2v) is 13.8. The van der Waals surface area contributed by atoms with Crippen molar-refractivity contribution in [3.63, 3.8) is 0 Å². The van der Waals surface area contributed by atoms with Gasteiger partial charge in [0.2, 0.25) is 0 Å². The van der Waals surface area contributed by atoms with Gasteiger partial charge in [0.25, 0.3) is 5.82 Å². The fraction of sp³-hybridized carbons (Fsp3) is 0.643. The highest BCUT2D eigenvalue weighted by atomic mass is 15.1. The first kappa shape index (κ1) is 36.1. The van der Waals surface area contributed by atoms with Crippen molar-refractivity contribution in [3.8, 4) is 0 Å². The summed E-state index contributed by atoms with van der Waals surface area (Å²) in [5.74, 6) is 1.85. The number of rotatable bonds is 26. The molecule has 1 heterocycles. The van der Waals surface area contributed by atoms with Gasteiger partial charge >= 0.3 is 0 Å². The molecule has 244 valence electrons. The first-order chi connectivity index (χ1) is 21.7. The molecule has 3 aromatic rings. The zero-order chi connectivity index (χ0) is 31.1. The average molecular weight is 600 g/mol. The summed E-state index contributed by atoms with van der Waals surface area (Å²) in [5, 5.41) is 0. The zero-order valence-corrected chi connectivity index (χ0v) is 29.0. The number of benzene rings is 2. The molecule has 0 saturated carbocycles. The van der Waals surface area contributed by atoms with Crippen LogP contribution < -0.4 is 4.57 Å². The van der Waals surface area contributed by atoms with Gasteiger partial charge in [-0.15, -0.1) is 0 Å². The molecule has 0 fully saturated rings. The van der Waals surface area contributed by atoms with Crippen LogP contribution in [0.1, 0.15) is 172 Å². The van der Waals surface area contributed by atoms with Crippen LogP contribution in [0.3, 0.4) is 0 Å². The van der Waals surface area contributed by atoms with Crippen LogP contribution >= 0.6 is 0 Å². The van der Waals surface area contributed by atoms with E-state index in [0.717, 1.165) is 13.0 Å². The number of nitrogens with zero attached hydrogens (tertiary/aromatic N) is 1. The highest BCUT2D eigenvalue weighted by Gasteiger charge is 2.41. The van der Waals surface area contributed by atoms with Crippen molar-refractivity contribution in [1.82, 2.24) is 4.98 Å². The van der Waals surface area contributed by atoms with Crippen molar-refractivity contribution in [2.75, 3.05) is 0 Å². The molecule has 0 aliphatic rings. The van der Waals surface area contributed by atoms with Crippen molar-refractivity contribution in [3.05, 3.63) is 90.0 Å². The number of imidazole rings is 1. The SMILES string of the molecule is CCCCCCCCCCCCCCCCCCC[n+]1cc[nH]c1C(CCCC)C(C)(Cc1ccccc1)c1ccccc1. The molecule has 2 atom stereocenters. The van der Waals surface area contributed by atoms with Gasteiger partial charge in [0, 0.05) is 5.41 Å². The first-order valence-electron chi connectivity index (χ1n) is 18.8. The van der Waals surface area contributed by atoms with Gasteiger partial charge in [-0.3, -0.25) is 0 Å². The van der Waals surface area contributed by atoms with Crippen LogP contribution in [0.25, 0.3) is 0 Å². The van der Waals surface area contributed by atoms with E-state index in [1.165, 1.54) is 145 Å². The number of aryl methyl sites for hydroxylation is 1. The molecule has 3 rings (SSSR count). The Balaban J connectivity index is 1.42. The number of unbranched alkanes of at least 4 members (excludes halogenated alkanes) is 17. The minimum Gasteiger partial charge on any atom is -0.247 e. The van der Waals surface area contributed by atoms with Gasteiger partial charge in [0.1, 0.15) is 12.4 Å². The van der Waals surface area contributed by atoms with Crippen LogP contribution in [-0.4, -0.2) is 4.98 Å². The van der Waals surface area contributed by atoms with E-state index in [1.807, 2.05) is 0 Å². The third-order valence-corrected chi connectivity index (χ3v) is 10.1. The van der Waals surface area contributed by atoms with Crippen LogP contribution in [0.2, 0.25) is 0 Å². The van der Waals surface area contributed by atoms with Crippen LogP contribution in [0.5, 0.6) is 0 Å². The molecule has 2 unspecified atom stereocenters. The smallest absolute Gasteiger partial charge is 0.247 e. The van der Waals surface area contributed by atoms with E-state index in [4.69, 9.17) is 0 Å². The summed E-state index contributed by atoms with van der Waals surface area (Å²) in [6.07, 6.45) is 33.4. The van der Waals surface area contributed by atoms with Gasteiger partial charge in [-0.2, -0.15) is 0 Å². The molecule has 2 heteroatoms. The predicted octanol–water partition coefficient (Wildman–Crippen LogP) is 12.4. The van der Waals surface area contributed by atoms with E-state index >= 15 is 0 Å². The number of nitrogens with one attached hydrogen (secondary N) is 1. The Kier molecular flexibility index (Phi) is 18.2. The molecular weight excluding hydrogens is 532 g/mol. The molecule has 0 aliphatic heterocycles. The van der Waals surface area contributed by atoms with Crippen LogP contribution in [-0.2, 0) is 18.4 Å². The third-order valence-electron chi connectivity index (χ3n) is 10.1. The average Bonchev–Trinajstić information content (AvgIpc) is 3.51. The normalized spacial score (nSPS) is 13.6. The second-order valence-electron chi connectivity index (χ2n) is 13.8. The lowest BCUT2D eigenvalue weighted by molar-refractivity contribution is -0.705. The topological polar surface area (TPSA) is 19.7 Å². The van der Waals surface area contributed by atoms with Crippen LogP contribution in [0, 0.1) is 0 Å². The van der Waals surface area contributed by atoms with Crippen molar-refractivity contribution in [1.29, 1.82) is 0 Å². The van der Waals surface area contributed by atoms with Crippen molar-refractivity contribution < 1.29 is 4.57 Å².